The standard InChI is InChI=1S/C10H19F2N3O/c1-8-3-2-4-15(5-8)9(16)14-7-10(11,12)6-13/h8H,2-7,13H2,1H3,(H,14,16). The van der Waals surface area contributed by atoms with E-state index in [4.69, 9.17) is 5.73 Å². The summed E-state index contributed by atoms with van der Waals surface area (Å²) in [7, 11) is 0. The normalized spacial score (nSPS) is 22.0. The summed E-state index contributed by atoms with van der Waals surface area (Å²) in [5.74, 6) is -2.58. The molecular formula is C10H19F2N3O. The number of hydrogen-bond donors (Lipinski definition) is 2. The van der Waals surface area contributed by atoms with Gasteiger partial charge < -0.3 is 16.0 Å². The number of carbonyl (C=O) groups excluding carboxylic acids is 1. The molecule has 0 aliphatic carbocycles. The van der Waals surface area contributed by atoms with Crippen LogP contribution in [0.3, 0.4) is 0 Å². The molecule has 4 nitrogen and oxygen atoms in total. The van der Waals surface area contributed by atoms with Crippen LogP contribution in [0.1, 0.15) is 19.8 Å². The Kier molecular flexibility index (Phi) is 4.46. The van der Waals surface area contributed by atoms with Gasteiger partial charge in [0.05, 0.1) is 13.1 Å². The molecule has 0 aromatic rings. The van der Waals surface area contributed by atoms with E-state index in [0.717, 1.165) is 12.8 Å². The molecule has 1 aliphatic heterocycles. The number of rotatable bonds is 3. The Morgan fingerprint density at radius 3 is 2.88 bits per heavy atom. The second-order valence-electron chi connectivity index (χ2n) is 4.41. The number of hydrogen-bond acceptors (Lipinski definition) is 2. The lowest BCUT2D eigenvalue weighted by molar-refractivity contribution is 0.0128. The fourth-order valence-electron chi connectivity index (χ4n) is 1.76. The van der Waals surface area contributed by atoms with Crippen LogP contribution in [-0.4, -0.2) is 43.0 Å². The van der Waals surface area contributed by atoms with E-state index in [2.05, 4.69) is 5.32 Å². The third-order valence-corrected chi connectivity index (χ3v) is 2.74. The summed E-state index contributed by atoms with van der Waals surface area (Å²) in [6, 6.07) is -0.417. The maximum Gasteiger partial charge on any atom is 0.317 e. The van der Waals surface area contributed by atoms with Crippen molar-refractivity contribution in [1.29, 1.82) is 0 Å². The lowest BCUT2D eigenvalue weighted by Crippen LogP contribution is -2.49. The van der Waals surface area contributed by atoms with Crippen LogP contribution in [0.2, 0.25) is 0 Å². The van der Waals surface area contributed by atoms with Gasteiger partial charge in [-0.05, 0) is 18.8 Å². The average Bonchev–Trinajstić information content (AvgIpc) is 2.26. The van der Waals surface area contributed by atoms with Crippen LogP contribution in [0.5, 0.6) is 0 Å². The first-order valence-corrected chi connectivity index (χ1v) is 5.55. The van der Waals surface area contributed by atoms with E-state index in [-0.39, 0.29) is 0 Å². The molecule has 1 atom stereocenters. The van der Waals surface area contributed by atoms with Gasteiger partial charge in [-0.2, -0.15) is 0 Å². The zero-order chi connectivity index (χ0) is 12.2. The zero-order valence-electron chi connectivity index (χ0n) is 9.51. The summed E-state index contributed by atoms with van der Waals surface area (Å²) in [4.78, 5) is 13.1. The summed E-state index contributed by atoms with van der Waals surface area (Å²) >= 11 is 0. The van der Waals surface area contributed by atoms with Gasteiger partial charge in [-0.3, -0.25) is 0 Å². The van der Waals surface area contributed by atoms with Crippen molar-refractivity contribution in [2.24, 2.45) is 11.7 Å². The summed E-state index contributed by atoms with van der Waals surface area (Å²) in [5, 5.41) is 2.22. The average molecular weight is 235 g/mol. The van der Waals surface area contributed by atoms with Gasteiger partial charge in [0.25, 0.3) is 5.92 Å². The molecule has 1 rings (SSSR count). The molecule has 0 spiro atoms. The molecule has 0 aromatic heterocycles. The van der Waals surface area contributed by atoms with E-state index in [9.17, 15) is 13.6 Å². The fourth-order valence-corrected chi connectivity index (χ4v) is 1.76. The van der Waals surface area contributed by atoms with E-state index in [1.54, 1.807) is 4.90 Å². The molecule has 1 saturated heterocycles. The molecular weight excluding hydrogens is 216 g/mol. The van der Waals surface area contributed by atoms with Crippen LogP contribution >= 0.6 is 0 Å². The number of nitrogens with two attached hydrogens (primary N) is 1. The second kappa shape index (κ2) is 5.43. The largest absolute Gasteiger partial charge is 0.332 e. The smallest absolute Gasteiger partial charge is 0.317 e. The van der Waals surface area contributed by atoms with Crippen molar-refractivity contribution in [3.63, 3.8) is 0 Å². The highest BCUT2D eigenvalue weighted by atomic mass is 19.3. The molecule has 94 valence electrons. The number of urea groups is 1. The highest BCUT2D eigenvalue weighted by Gasteiger charge is 2.29. The van der Waals surface area contributed by atoms with E-state index >= 15 is 0 Å². The van der Waals surface area contributed by atoms with E-state index in [0.29, 0.717) is 19.0 Å². The highest BCUT2D eigenvalue weighted by Crippen LogP contribution is 2.15. The molecule has 2 amide bonds. The summed E-state index contributed by atoms with van der Waals surface area (Å²) in [6.45, 7) is 1.90. The first-order valence-electron chi connectivity index (χ1n) is 5.55. The van der Waals surface area contributed by atoms with Gasteiger partial charge in [0.1, 0.15) is 0 Å². The van der Waals surface area contributed by atoms with Gasteiger partial charge in [0.2, 0.25) is 0 Å². The first-order chi connectivity index (χ1) is 7.44. The Bertz CT molecular complexity index is 248. The molecule has 1 heterocycles. The minimum absolute atomic E-state index is 0.417. The molecule has 3 N–H and O–H groups in total. The Balaban J connectivity index is 2.34. The topological polar surface area (TPSA) is 58.4 Å². The summed E-state index contributed by atoms with van der Waals surface area (Å²) in [6.07, 6.45) is 2.02. The van der Waals surface area contributed by atoms with E-state index in [1.165, 1.54) is 0 Å². The van der Waals surface area contributed by atoms with Crippen LogP contribution in [0.4, 0.5) is 13.6 Å². The Labute approximate surface area is 94.2 Å². The van der Waals surface area contributed by atoms with Gasteiger partial charge in [0.15, 0.2) is 0 Å². The Morgan fingerprint density at radius 1 is 1.62 bits per heavy atom. The monoisotopic (exact) mass is 235 g/mol. The van der Waals surface area contributed by atoms with Crippen LogP contribution in [-0.2, 0) is 0 Å². The lowest BCUT2D eigenvalue weighted by Gasteiger charge is -2.31. The summed E-state index contributed by atoms with van der Waals surface area (Å²) < 4.78 is 25.6. The van der Waals surface area contributed by atoms with Gasteiger partial charge in [-0.25, -0.2) is 13.6 Å². The zero-order valence-corrected chi connectivity index (χ0v) is 9.51. The quantitative estimate of drug-likeness (QED) is 0.767. The van der Waals surface area contributed by atoms with Crippen LogP contribution in [0, 0.1) is 5.92 Å². The molecule has 1 unspecified atom stereocenters. The van der Waals surface area contributed by atoms with Crippen LogP contribution in [0.15, 0.2) is 0 Å². The lowest BCUT2D eigenvalue weighted by atomic mass is 10.0. The van der Waals surface area contributed by atoms with Crippen molar-refractivity contribution >= 4 is 6.03 Å². The SMILES string of the molecule is CC1CCCN(C(=O)NCC(F)(F)CN)C1. The maximum atomic E-state index is 12.8. The number of piperidine rings is 1. The maximum absolute atomic E-state index is 12.8. The molecule has 1 aliphatic rings. The summed E-state index contributed by atoms with van der Waals surface area (Å²) in [5.41, 5.74) is 4.88. The molecule has 0 radical (unpaired) electrons. The predicted molar refractivity (Wildman–Crippen MR) is 57.4 cm³/mol. The molecule has 16 heavy (non-hydrogen) atoms. The van der Waals surface area contributed by atoms with E-state index in [1.807, 2.05) is 6.92 Å². The molecule has 0 aromatic carbocycles. The number of amides is 2. The molecule has 0 bridgehead atoms. The minimum atomic E-state index is -3.02. The molecule has 0 saturated carbocycles. The Hall–Kier alpha value is -0.910. The number of halogens is 2. The number of alkyl halides is 2. The predicted octanol–water partition coefficient (Wildman–Crippen LogP) is 1.02. The second-order valence-corrected chi connectivity index (χ2v) is 4.41. The number of nitrogens with one attached hydrogen (secondary N) is 1. The fraction of sp³-hybridized carbons (Fsp3) is 0.900. The van der Waals surface area contributed by atoms with Crippen LogP contribution < -0.4 is 11.1 Å². The van der Waals surface area contributed by atoms with Crippen molar-refractivity contribution in [3.8, 4) is 0 Å². The minimum Gasteiger partial charge on any atom is -0.332 e. The van der Waals surface area contributed by atoms with E-state index < -0.39 is 25.0 Å². The van der Waals surface area contributed by atoms with Crippen LogP contribution in [0.25, 0.3) is 0 Å². The van der Waals surface area contributed by atoms with Crippen molar-refractivity contribution in [1.82, 2.24) is 10.2 Å². The molecule has 1 fully saturated rings. The van der Waals surface area contributed by atoms with Gasteiger partial charge in [-0.1, -0.05) is 6.92 Å². The number of carbonyl (C=O) groups is 1. The number of nitrogens with zero attached hydrogens (tertiary/aromatic N) is 1. The van der Waals surface area contributed by atoms with Crippen molar-refractivity contribution < 1.29 is 13.6 Å². The van der Waals surface area contributed by atoms with Crippen molar-refractivity contribution in [3.05, 3.63) is 0 Å². The third kappa shape index (κ3) is 3.92. The Morgan fingerprint density at radius 2 is 2.31 bits per heavy atom. The highest BCUT2D eigenvalue weighted by molar-refractivity contribution is 5.74. The van der Waals surface area contributed by atoms with Crippen molar-refractivity contribution in [2.45, 2.75) is 25.7 Å². The van der Waals surface area contributed by atoms with Gasteiger partial charge in [0, 0.05) is 13.1 Å². The first kappa shape index (κ1) is 13.2. The van der Waals surface area contributed by atoms with Gasteiger partial charge >= 0.3 is 6.03 Å². The van der Waals surface area contributed by atoms with Gasteiger partial charge in [-0.15, -0.1) is 0 Å². The number of likely N-dealkylation sites (tertiary alicyclic amines) is 1. The van der Waals surface area contributed by atoms with Crippen molar-refractivity contribution in [2.75, 3.05) is 26.2 Å². The molecule has 6 heteroatoms. The third-order valence-electron chi connectivity index (χ3n) is 2.74.